The molecule has 0 spiro atoms. The second-order valence-electron chi connectivity index (χ2n) is 10.2. The Labute approximate surface area is 247 Å². The molecule has 4 N–H and O–H groups in total. The maximum atomic E-state index is 10.8. The Morgan fingerprint density at radius 2 is 1.93 bits per heavy atom. The molecule has 1 unspecified atom stereocenters. The average molecular weight is 579 g/mol. The number of nitrogen functional groups attached to an aromatic ring is 1. The standard InChI is InChI=1S/C24H29N5O4.C7H13NO/c25-23-20-5-6-29(22-12-17(31)11-16-3-1-2-4-19(16)22)14-21(20)26-24(27-23)33-18(15-30)13-28-7-9-32-10-8-28;1-4-7(9)8(5-2)6-3/h1-4,11-12,18,30-31H,5-10,13-15H2,(H2,25,26,27);4H,1,5-6H2,2-3H3. The molecule has 11 nitrogen and oxygen atoms in total. The molecule has 0 radical (unpaired) electrons. The largest absolute Gasteiger partial charge is 0.508 e. The molecule has 1 saturated heterocycles. The summed E-state index contributed by atoms with van der Waals surface area (Å²) in [5, 5.41) is 22.2. The number of phenols is 1. The van der Waals surface area contributed by atoms with Crippen molar-refractivity contribution in [1.29, 1.82) is 0 Å². The van der Waals surface area contributed by atoms with Gasteiger partial charge < -0.3 is 35.2 Å². The van der Waals surface area contributed by atoms with Crippen LogP contribution in [0.3, 0.4) is 0 Å². The fraction of sp³-hybridized carbons (Fsp3) is 0.452. The van der Waals surface area contributed by atoms with E-state index < -0.39 is 6.10 Å². The van der Waals surface area contributed by atoms with Gasteiger partial charge in [-0.1, -0.05) is 30.8 Å². The van der Waals surface area contributed by atoms with E-state index >= 15 is 0 Å². The molecule has 5 rings (SSSR count). The van der Waals surface area contributed by atoms with Crippen LogP contribution in [0.25, 0.3) is 10.8 Å². The molecule has 42 heavy (non-hydrogen) atoms. The number of carbonyl (C=O) groups is 1. The van der Waals surface area contributed by atoms with Crippen LogP contribution in [0.15, 0.2) is 49.1 Å². The number of benzene rings is 2. The third-order valence-corrected chi connectivity index (χ3v) is 7.53. The van der Waals surface area contributed by atoms with Gasteiger partial charge in [0.25, 0.3) is 0 Å². The van der Waals surface area contributed by atoms with Crippen molar-refractivity contribution in [3.8, 4) is 11.8 Å². The predicted octanol–water partition coefficient (Wildman–Crippen LogP) is 2.59. The number of nitrogens with two attached hydrogens (primary N) is 1. The molecule has 0 saturated carbocycles. The smallest absolute Gasteiger partial charge is 0.319 e. The molecule has 3 heterocycles. The summed E-state index contributed by atoms with van der Waals surface area (Å²) in [6.07, 6.45) is 1.59. The molecule has 2 aromatic carbocycles. The molecule has 2 aliphatic heterocycles. The minimum Gasteiger partial charge on any atom is -0.508 e. The first-order chi connectivity index (χ1) is 20.4. The van der Waals surface area contributed by atoms with E-state index in [9.17, 15) is 15.0 Å². The number of aliphatic hydroxyl groups excluding tert-OH is 1. The SMILES string of the molecule is C=CC(=O)N(CC)CC.Nc1nc(OC(CO)CN2CCOCC2)nc2c1CCN(c1cc(O)cc3ccccc13)C2. The number of amides is 1. The molecule has 3 aromatic rings. The highest BCUT2D eigenvalue weighted by Crippen LogP contribution is 2.35. The van der Waals surface area contributed by atoms with Gasteiger partial charge >= 0.3 is 6.01 Å². The topological polar surface area (TPSA) is 138 Å². The highest BCUT2D eigenvalue weighted by molar-refractivity contribution is 5.95. The number of ether oxygens (including phenoxy) is 2. The first-order valence-electron chi connectivity index (χ1n) is 14.5. The minimum atomic E-state index is -0.449. The lowest BCUT2D eigenvalue weighted by atomic mass is 10.0. The molecule has 1 fully saturated rings. The molecule has 0 aliphatic carbocycles. The third kappa shape index (κ3) is 7.67. The molecule has 0 bridgehead atoms. The van der Waals surface area contributed by atoms with Crippen LogP contribution in [0.4, 0.5) is 11.5 Å². The lowest BCUT2D eigenvalue weighted by Crippen LogP contribution is -2.44. The van der Waals surface area contributed by atoms with E-state index in [2.05, 4.69) is 32.4 Å². The Balaban J connectivity index is 0.000000392. The number of anilines is 2. The number of aromatic hydroxyl groups is 1. The van der Waals surface area contributed by atoms with Crippen LogP contribution in [0.1, 0.15) is 25.1 Å². The highest BCUT2D eigenvalue weighted by atomic mass is 16.5. The molecule has 2 aliphatic rings. The van der Waals surface area contributed by atoms with Crippen molar-refractivity contribution in [1.82, 2.24) is 19.8 Å². The normalized spacial score (nSPS) is 15.7. The van der Waals surface area contributed by atoms with E-state index in [0.717, 1.165) is 60.4 Å². The van der Waals surface area contributed by atoms with Crippen molar-refractivity contribution in [2.75, 3.05) is 69.7 Å². The van der Waals surface area contributed by atoms with E-state index in [1.54, 1.807) is 17.0 Å². The van der Waals surface area contributed by atoms with Gasteiger partial charge in [0.1, 0.15) is 17.7 Å². The first-order valence-corrected chi connectivity index (χ1v) is 14.5. The summed E-state index contributed by atoms with van der Waals surface area (Å²) in [7, 11) is 0. The van der Waals surface area contributed by atoms with E-state index in [4.69, 9.17) is 15.2 Å². The van der Waals surface area contributed by atoms with Crippen LogP contribution in [-0.2, 0) is 22.5 Å². The molecule has 1 atom stereocenters. The molecule has 226 valence electrons. The molecule has 1 amide bonds. The summed E-state index contributed by atoms with van der Waals surface area (Å²) >= 11 is 0. The van der Waals surface area contributed by atoms with Gasteiger partial charge in [-0.05, 0) is 37.8 Å². The Kier molecular flexibility index (Phi) is 10.9. The van der Waals surface area contributed by atoms with E-state index in [1.807, 2.05) is 32.0 Å². The third-order valence-electron chi connectivity index (χ3n) is 7.53. The zero-order valence-corrected chi connectivity index (χ0v) is 24.5. The van der Waals surface area contributed by atoms with Crippen molar-refractivity contribution >= 4 is 28.2 Å². The second kappa shape index (κ2) is 14.8. The number of carbonyl (C=O) groups excluding carboxylic acids is 1. The van der Waals surface area contributed by atoms with Gasteiger partial charge in [0, 0.05) is 62.0 Å². The number of hydrogen-bond donors (Lipinski definition) is 3. The van der Waals surface area contributed by atoms with Gasteiger partial charge in [-0.25, -0.2) is 0 Å². The van der Waals surface area contributed by atoms with Gasteiger partial charge in [-0.15, -0.1) is 0 Å². The van der Waals surface area contributed by atoms with Crippen molar-refractivity contribution in [2.24, 2.45) is 0 Å². The summed E-state index contributed by atoms with van der Waals surface area (Å²) in [5.41, 5.74) is 8.95. The average Bonchev–Trinajstić information content (AvgIpc) is 3.01. The van der Waals surface area contributed by atoms with E-state index in [0.29, 0.717) is 38.5 Å². The number of morpholine rings is 1. The summed E-state index contributed by atoms with van der Waals surface area (Å²) in [5.74, 6) is 0.660. The first kappa shape index (κ1) is 31.0. The number of hydrogen-bond acceptors (Lipinski definition) is 10. The molecular formula is C31H42N6O5. The number of fused-ring (bicyclic) bond motifs is 2. The van der Waals surface area contributed by atoms with Crippen LogP contribution in [0, 0.1) is 0 Å². The van der Waals surface area contributed by atoms with Crippen LogP contribution in [-0.4, -0.2) is 101 Å². The number of likely N-dealkylation sites (N-methyl/N-ethyl adjacent to an activating group) is 1. The number of aromatic nitrogens is 2. The number of phenolic OH excluding ortho intramolecular Hbond substituents is 1. The Bertz CT molecular complexity index is 1360. The zero-order chi connectivity index (χ0) is 30.1. The van der Waals surface area contributed by atoms with Crippen LogP contribution in [0.2, 0.25) is 0 Å². The van der Waals surface area contributed by atoms with Crippen LogP contribution in [0.5, 0.6) is 11.8 Å². The lowest BCUT2D eigenvalue weighted by Gasteiger charge is -2.32. The van der Waals surface area contributed by atoms with Gasteiger partial charge in [0.05, 0.1) is 32.1 Å². The highest BCUT2D eigenvalue weighted by Gasteiger charge is 2.25. The van der Waals surface area contributed by atoms with Crippen molar-refractivity contribution in [2.45, 2.75) is 32.9 Å². The maximum Gasteiger partial charge on any atom is 0.319 e. The Morgan fingerprint density at radius 3 is 2.60 bits per heavy atom. The van der Waals surface area contributed by atoms with E-state index in [1.165, 1.54) is 6.08 Å². The number of nitrogens with zero attached hydrogens (tertiary/aromatic N) is 5. The molecule has 1 aromatic heterocycles. The number of aliphatic hydroxyl groups is 1. The van der Waals surface area contributed by atoms with Gasteiger partial charge in [0.2, 0.25) is 5.91 Å². The van der Waals surface area contributed by atoms with Crippen LogP contribution >= 0.6 is 0 Å². The van der Waals surface area contributed by atoms with Crippen LogP contribution < -0.4 is 15.4 Å². The van der Waals surface area contributed by atoms with E-state index in [-0.39, 0.29) is 24.3 Å². The summed E-state index contributed by atoms with van der Waals surface area (Å²) < 4.78 is 11.3. The predicted molar refractivity (Wildman–Crippen MR) is 164 cm³/mol. The second-order valence-corrected chi connectivity index (χ2v) is 10.2. The lowest BCUT2D eigenvalue weighted by molar-refractivity contribution is -0.125. The van der Waals surface area contributed by atoms with Gasteiger partial charge in [0.15, 0.2) is 0 Å². The molecule has 11 heteroatoms. The van der Waals surface area contributed by atoms with Gasteiger partial charge in [-0.3, -0.25) is 9.69 Å². The number of rotatable bonds is 9. The van der Waals surface area contributed by atoms with Crippen molar-refractivity contribution in [3.63, 3.8) is 0 Å². The summed E-state index contributed by atoms with van der Waals surface area (Å²) in [6, 6.07) is 11.7. The zero-order valence-electron chi connectivity index (χ0n) is 24.5. The van der Waals surface area contributed by atoms with Gasteiger partial charge in [-0.2, -0.15) is 9.97 Å². The van der Waals surface area contributed by atoms with Crippen molar-refractivity contribution in [3.05, 3.63) is 60.3 Å². The fourth-order valence-corrected chi connectivity index (χ4v) is 5.25. The summed E-state index contributed by atoms with van der Waals surface area (Å²) in [6.45, 7) is 13.5. The minimum absolute atomic E-state index is 0.0139. The Hall–Kier alpha value is -3.93. The monoisotopic (exact) mass is 578 g/mol. The van der Waals surface area contributed by atoms with Crippen molar-refractivity contribution < 1.29 is 24.5 Å². The fourth-order valence-electron chi connectivity index (χ4n) is 5.25. The maximum absolute atomic E-state index is 10.8. The summed E-state index contributed by atoms with van der Waals surface area (Å²) in [4.78, 5) is 25.9. The molecular weight excluding hydrogens is 536 g/mol. The quantitative estimate of drug-likeness (QED) is 0.325. The Morgan fingerprint density at radius 1 is 1.19 bits per heavy atom.